The molecular formula is C22H29N3O. The van der Waals surface area contributed by atoms with E-state index in [1.165, 1.54) is 50.0 Å². The molecule has 4 heteroatoms. The molecule has 1 aromatic carbocycles. The number of amides is 1. The number of likely N-dealkylation sites (tertiary alicyclic amines) is 1. The molecule has 0 radical (unpaired) electrons. The molecule has 0 aliphatic carbocycles. The van der Waals surface area contributed by atoms with Crippen molar-refractivity contribution >= 4 is 11.6 Å². The number of rotatable bonds is 9. The number of carbonyl (C=O) groups excluding carboxylic acids is 1. The molecule has 0 atom stereocenters. The van der Waals surface area contributed by atoms with E-state index in [9.17, 15) is 4.79 Å². The number of nitrogens with one attached hydrogen (secondary N) is 1. The number of aromatic nitrogens is 1. The van der Waals surface area contributed by atoms with Crippen LogP contribution in [0.4, 0.5) is 5.69 Å². The summed E-state index contributed by atoms with van der Waals surface area (Å²) in [5, 5.41) is 2.99. The number of hydrogen-bond acceptors (Lipinski definition) is 3. The Hall–Kier alpha value is -2.20. The number of hydrogen-bond donors (Lipinski definition) is 1. The van der Waals surface area contributed by atoms with E-state index in [-0.39, 0.29) is 5.91 Å². The van der Waals surface area contributed by atoms with Gasteiger partial charge in [0.2, 0.25) is 5.91 Å². The average molecular weight is 351 g/mol. The summed E-state index contributed by atoms with van der Waals surface area (Å²) in [6.07, 6.45) is 10.9. The van der Waals surface area contributed by atoms with Gasteiger partial charge in [0, 0.05) is 24.5 Å². The summed E-state index contributed by atoms with van der Waals surface area (Å²) in [5.74, 6) is 0.0793. The monoisotopic (exact) mass is 351 g/mol. The lowest BCUT2D eigenvalue weighted by Crippen LogP contribution is -2.20. The van der Waals surface area contributed by atoms with Crippen molar-refractivity contribution in [1.29, 1.82) is 0 Å². The standard InChI is InChI=1S/C22H29N3O/c26-22(9-3-6-20-7-4-14-23-18-20)24-21-12-10-19(11-13-21)8-5-17-25-15-1-2-16-25/h4,7,10-14,18H,1-3,5-6,8-9,15-17H2,(H,24,26). The quantitative estimate of drug-likeness (QED) is 0.741. The van der Waals surface area contributed by atoms with Crippen LogP contribution in [0.1, 0.15) is 43.2 Å². The second-order valence-electron chi connectivity index (χ2n) is 7.11. The first-order chi connectivity index (χ1) is 12.8. The Morgan fingerprint density at radius 1 is 1.00 bits per heavy atom. The molecule has 0 bridgehead atoms. The van der Waals surface area contributed by atoms with Crippen LogP contribution in [-0.2, 0) is 17.6 Å². The number of benzene rings is 1. The number of anilines is 1. The van der Waals surface area contributed by atoms with Gasteiger partial charge in [0.1, 0.15) is 0 Å². The van der Waals surface area contributed by atoms with Crippen LogP contribution in [0.25, 0.3) is 0 Å². The topological polar surface area (TPSA) is 45.2 Å². The largest absolute Gasteiger partial charge is 0.326 e. The Morgan fingerprint density at radius 2 is 1.77 bits per heavy atom. The molecule has 1 aliphatic heterocycles. The first-order valence-electron chi connectivity index (χ1n) is 9.80. The molecule has 1 aliphatic rings. The van der Waals surface area contributed by atoms with Crippen molar-refractivity contribution < 1.29 is 4.79 Å². The van der Waals surface area contributed by atoms with Crippen molar-refractivity contribution in [3.05, 3.63) is 59.9 Å². The molecule has 26 heavy (non-hydrogen) atoms. The Balaban J connectivity index is 1.34. The van der Waals surface area contributed by atoms with Gasteiger partial charge in [-0.15, -0.1) is 0 Å². The van der Waals surface area contributed by atoms with E-state index < -0.39 is 0 Å². The van der Waals surface area contributed by atoms with Gasteiger partial charge in [0.25, 0.3) is 0 Å². The minimum Gasteiger partial charge on any atom is -0.326 e. The van der Waals surface area contributed by atoms with Gasteiger partial charge in [-0.3, -0.25) is 9.78 Å². The lowest BCUT2D eigenvalue weighted by Gasteiger charge is -2.14. The normalized spacial score (nSPS) is 14.5. The van der Waals surface area contributed by atoms with Gasteiger partial charge in [-0.1, -0.05) is 18.2 Å². The molecule has 3 rings (SSSR count). The van der Waals surface area contributed by atoms with Crippen molar-refractivity contribution in [3.63, 3.8) is 0 Å². The molecule has 2 heterocycles. The Morgan fingerprint density at radius 3 is 2.50 bits per heavy atom. The second-order valence-corrected chi connectivity index (χ2v) is 7.11. The minimum absolute atomic E-state index is 0.0793. The van der Waals surface area contributed by atoms with Crippen molar-refractivity contribution in [3.8, 4) is 0 Å². The maximum absolute atomic E-state index is 12.1. The van der Waals surface area contributed by atoms with E-state index in [4.69, 9.17) is 0 Å². The summed E-state index contributed by atoms with van der Waals surface area (Å²) in [6, 6.07) is 12.3. The molecule has 0 saturated carbocycles. The predicted molar refractivity (Wildman–Crippen MR) is 106 cm³/mol. The number of aryl methyl sites for hydroxylation is 2. The van der Waals surface area contributed by atoms with Crippen LogP contribution in [0.2, 0.25) is 0 Å². The fourth-order valence-electron chi connectivity index (χ4n) is 3.49. The zero-order valence-electron chi connectivity index (χ0n) is 15.5. The third kappa shape index (κ3) is 6.26. The smallest absolute Gasteiger partial charge is 0.224 e. The lowest BCUT2D eigenvalue weighted by molar-refractivity contribution is -0.116. The maximum Gasteiger partial charge on any atom is 0.224 e. The number of carbonyl (C=O) groups is 1. The number of pyridine rings is 1. The molecule has 1 amide bonds. The highest BCUT2D eigenvalue weighted by molar-refractivity contribution is 5.90. The molecule has 1 saturated heterocycles. The summed E-state index contributed by atoms with van der Waals surface area (Å²) in [6.45, 7) is 3.74. The van der Waals surface area contributed by atoms with Gasteiger partial charge < -0.3 is 10.2 Å². The molecule has 138 valence electrons. The molecule has 1 aromatic heterocycles. The second kappa shape index (κ2) is 10.1. The first-order valence-corrected chi connectivity index (χ1v) is 9.80. The van der Waals surface area contributed by atoms with E-state index in [0.717, 1.165) is 24.9 Å². The Labute approximate surface area is 156 Å². The zero-order chi connectivity index (χ0) is 18.0. The first kappa shape index (κ1) is 18.6. The molecular weight excluding hydrogens is 322 g/mol. The highest BCUT2D eigenvalue weighted by atomic mass is 16.1. The molecule has 0 unspecified atom stereocenters. The highest BCUT2D eigenvalue weighted by Gasteiger charge is 2.10. The fraction of sp³-hybridized carbons (Fsp3) is 0.455. The van der Waals surface area contributed by atoms with E-state index in [1.54, 1.807) is 6.20 Å². The summed E-state index contributed by atoms with van der Waals surface area (Å²) >= 11 is 0. The van der Waals surface area contributed by atoms with E-state index in [2.05, 4.69) is 27.3 Å². The molecule has 1 N–H and O–H groups in total. The molecule has 4 nitrogen and oxygen atoms in total. The van der Waals surface area contributed by atoms with Crippen LogP contribution in [-0.4, -0.2) is 35.4 Å². The Bertz CT molecular complexity index is 664. The summed E-state index contributed by atoms with van der Waals surface area (Å²) in [4.78, 5) is 18.7. The van der Waals surface area contributed by atoms with E-state index in [1.807, 2.05) is 30.5 Å². The van der Waals surface area contributed by atoms with Gasteiger partial charge in [-0.05, 0) is 87.5 Å². The SMILES string of the molecule is O=C(CCCc1cccnc1)Nc1ccc(CCCN2CCCC2)cc1. The summed E-state index contributed by atoms with van der Waals surface area (Å²) in [7, 11) is 0. The van der Waals surface area contributed by atoms with Crippen LogP contribution in [0.15, 0.2) is 48.8 Å². The molecule has 0 spiro atoms. The van der Waals surface area contributed by atoms with Gasteiger partial charge >= 0.3 is 0 Å². The maximum atomic E-state index is 12.1. The summed E-state index contributed by atoms with van der Waals surface area (Å²) < 4.78 is 0. The van der Waals surface area contributed by atoms with Crippen molar-refractivity contribution in [2.45, 2.75) is 44.9 Å². The lowest BCUT2D eigenvalue weighted by atomic mass is 10.1. The predicted octanol–water partition coefficient (Wildman–Crippen LogP) is 4.07. The number of nitrogens with zero attached hydrogens (tertiary/aromatic N) is 2. The van der Waals surface area contributed by atoms with Crippen LogP contribution in [0, 0.1) is 0 Å². The van der Waals surface area contributed by atoms with E-state index in [0.29, 0.717) is 6.42 Å². The van der Waals surface area contributed by atoms with Crippen molar-refractivity contribution in [1.82, 2.24) is 9.88 Å². The van der Waals surface area contributed by atoms with Crippen molar-refractivity contribution in [2.75, 3.05) is 25.0 Å². The van der Waals surface area contributed by atoms with Crippen LogP contribution in [0.5, 0.6) is 0 Å². The van der Waals surface area contributed by atoms with Gasteiger partial charge in [-0.2, -0.15) is 0 Å². The molecule has 2 aromatic rings. The highest BCUT2D eigenvalue weighted by Crippen LogP contribution is 2.14. The third-order valence-electron chi connectivity index (χ3n) is 4.97. The van der Waals surface area contributed by atoms with Crippen LogP contribution in [0.3, 0.4) is 0 Å². The van der Waals surface area contributed by atoms with Crippen LogP contribution >= 0.6 is 0 Å². The summed E-state index contributed by atoms with van der Waals surface area (Å²) in [5.41, 5.74) is 3.41. The van der Waals surface area contributed by atoms with Gasteiger partial charge in [0.05, 0.1) is 0 Å². The van der Waals surface area contributed by atoms with Gasteiger partial charge in [0.15, 0.2) is 0 Å². The van der Waals surface area contributed by atoms with Gasteiger partial charge in [-0.25, -0.2) is 0 Å². The van der Waals surface area contributed by atoms with Crippen molar-refractivity contribution in [2.24, 2.45) is 0 Å². The average Bonchev–Trinajstić information content (AvgIpc) is 3.18. The fourth-order valence-corrected chi connectivity index (χ4v) is 3.49. The Kier molecular flexibility index (Phi) is 7.20. The van der Waals surface area contributed by atoms with Crippen LogP contribution < -0.4 is 5.32 Å². The van der Waals surface area contributed by atoms with E-state index >= 15 is 0 Å². The molecule has 1 fully saturated rings. The minimum atomic E-state index is 0.0793. The third-order valence-corrected chi connectivity index (χ3v) is 4.97. The zero-order valence-corrected chi connectivity index (χ0v) is 15.5.